The average Bonchev–Trinajstić information content (AvgIpc) is 2.37. The minimum atomic E-state index is -0.0696. The topological polar surface area (TPSA) is 20.3 Å². The maximum atomic E-state index is 12.6. The highest BCUT2D eigenvalue weighted by atomic mass is 35.5. The van der Waals surface area contributed by atoms with Crippen molar-refractivity contribution < 1.29 is 4.79 Å². The first-order valence-corrected chi connectivity index (χ1v) is 7.49. The van der Waals surface area contributed by atoms with Crippen molar-refractivity contribution in [1.82, 2.24) is 4.90 Å². The van der Waals surface area contributed by atoms with Gasteiger partial charge in [0.05, 0.1) is 0 Å². The van der Waals surface area contributed by atoms with Gasteiger partial charge in [-0.05, 0) is 17.0 Å². The molecule has 0 fully saturated rings. The van der Waals surface area contributed by atoms with Gasteiger partial charge in [-0.15, -0.1) is 23.2 Å². The van der Waals surface area contributed by atoms with Gasteiger partial charge in [0, 0.05) is 30.4 Å². The highest BCUT2D eigenvalue weighted by Gasteiger charge is 2.23. The van der Waals surface area contributed by atoms with Gasteiger partial charge in [-0.3, -0.25) is 4.79 Å². The molecule has 1 amide bonds. The molecular weight excluding hydrogens is 281 g/mol. The van der Waals surface area contributed by atoms with Crippen LogP contribution in [0.4, 0.5) is 0 Å². The van der Waals surface area contributed by atoms with Crippen molar-refractivity contribution in [3.8, 4) is 0 Å². The van der Waals surface area contributed by atoms with Gasteiger partial charge in [-0.1, -0.05) is 39.0 Å². The number of rotatable bonds is 5. The first kappa shape index (κ1) is 16.3. The van der Waals surface area contributed by atoms with E-state index in [4.69, 9.17) is 23.2 Å². The molecule has 0 radical (unpaired) electrons. The van der Waals surface area contributed by atoms with Crippen LogP contribution in [0.1, 0.15) is 36.7 Å². The van der Waals surface area contributed by atoms with Gasteiger partial charge in [0.1, 0.15) is 0 Å². The van der Waals surface area contributed by atoms with Crippen LogP contribution in [0.15, 0.2) is 24.3 Å². The Hall–Kier alpha value is -0.730. The molecule has 0 saturated heterocycles. The fourth-order valence-electron chi connectivity index (χ4n) is 2.01. The monoisotopic (exact) mass is 301 g/mol. The van der Waals surface area contributed by atoms with Crippen molar-refractivity contribution in [1.29, 1.82) is 0 Å². The summed E-state index contributed by atoms with van der Waals surface area (Å²) in [6.07, 6.45) is 0. The van der Waals surface area contributed by atoms with E-state index in [2.05, 4.69) is 20.8 Å². The van der Waals surface area contributed by atoms with Gasteiger partial charge < -0.3 is 4.90 Å². The third-order valence-corrected chi connectivity index (χ3v) is 3.30. The highest BCUT2D eigenvalue weighted by Crippen LogP contribution is 2.26. The molecule has 1 aromatic carbocycles. The van der Waals surface area contributed by atoms with Crippen LogP contribution in [0, 0.1) is 0 Å². The molecule has 0 heterocycles. The molecular formula is C15H21Cl2NO. The molecule has 0 saturated carbocycles. The van der Waals surface area contributed by atoms with Gasteiger partial charge in [0.25, 0.3) is 5.91 Å². The Morgan fingerprint density at radius 3 is 2.11 bits per heavy atom. The lowest BCUT2D eigenvalue weighted by atomic mass is 9.83. The van der Waals surface area contributed by atoms with E-state index in [0.717, 1.165) is 11.1 Å². The lowest BCUT2D eigenvalue weighted by Gasteiger charge is -2.26. The minimum Gasteiger partial charge on any atom is -0.336 e. The predicted molar refractivity (Wildman–Crippen MR) is 82.5 cm³/mol. The third kappa shape index (κ3) is 4.39. The first-order valence-electron chi connectivity index (χ1n) is 6.42. The number of benzene rings is 1. The molecule has 4 heteroatoms. The van der Waals surface area contributed by atoms with Crippen molar-refractivity contribution >= 4 is 29.1 Å². The number of amides is 1. The molecule has 2 nitrogen and oxygen atoms in total. The maximum Gasteiger partial charge on any atom is 0.254 e. The zero-order valence-corrected chi connectivity index (χ0v) is 13.3. The molecule has 0 aromatic heterocycles. The third-order valence-electron chi connectivity index (χ3n) is 2.96. The van der Waals surface area contributed by atoms with E-state index in [0.29, 0.717) is 24.8 Å². The Kier molecular flexibility index (Phi) is 6.15. The summed E-state index contributed by atoms with van der Waals surface area (Å²) in [5.41, 5.74) is 1.72. The number of carbonyl (C=O) groups is 1. The molecule has 1 aromatic rings. The molecule has 106 valence electrons. The zero-order valence-electron chi connectivity index (χ0n) is 11.7. The molecule has 0 aliphatic carbocycles. The molecule has 19 heavy (non-hydrogen) atoms. The summed E-state index contributed by atoms with van der Waals surface area (Å²) in [5.74, 6) is 0.840. The summed E-state index contributed by atoms with van der Waals surface area (Å²) in [5, 5.41) is 0. The van der Waals surface area contributed by atoms with E-state index < -0.39 is 0 Å². The molecule has 0 N–H and O–H groups in total. The maximum absolute atomic E-state index is 12.6. The van der Waals surface area contributed by atoms with Crippen LogP contribution in [-0.2, 0) is 5.41 Å². The van der Waals surface area contributed by atoms with E-state index in [1.54, 1.807) is 4.90 Å². The summed E-state index contributed by atoms with van der Waals surface area (Å²) in [6, 6.07) is 7.73. The molecule has 0 unspecified atom stereocenters. The van der Waals surface area contributed by atoms with Crippen molar-refractivity contribution in [2.75, 3.05) is 24.8 Å². The van der Waals surface area contributed by atoms with Gasteiger partial charge in [-0.2, -0.15) is 0 Å². The Labute approximate surface area is 125 Å². The number of alkyl halides is 2. The van der Waals surface area contributed by atoms with Gasteiger partial charge in [-0.25, -0.2) is 0 Å². The number of carbonyl (C=O) groups excluding carboxylic acids is 1. The molecule has 0 aliphatic heterocycles. The van der Waals surface area contributed by atoms with Crippen molar-refractivity contribution in [2.24, 2.45) is 0 Å². The van der Waals surface area contributed by atoms with E-state index in [1.807, 2.05) is 24.3 Å². The molecule has 0 atom stereocenters. The molecule has 0 aliphatic rings. The Balaban J connectivity index is 3.11. The Morgan fingerprint density at radius 1 is 1.11 bits per heavy atom. The van der Waals surface area contributed by atoms with Crippen LogP contribution in [0.5, 0.6) is 0 Å². The summed E-state index contributed by atoms with van der Waals surface area (Å²) in [4.78, 5) is 14.3. The number of hydrogen-bond donors (Lipinski definition) is 0. The van der Waals surface area contributed by atoms with Crippen molar-refractivity contribution in [3.63, 3.8) is 0 Å². The lowest BCUT2D eigenvalue weighted by Crippen LogP contribution is -2.35. The fraction of sp³-hybridized carbons (Fsp3) is 0.533. The van der Waals surface area contributed by atoms with Gasteiger partial charge in [0.2, 0.25) is 0 Å². The normalized spacial score (nSPS) is 11.4. The van der Waals surface area contributed by atoms with Crippen LogP contribution in [0.25, 0.3) is 0 Å². The quantitative estimate of drug-likeness (QED) is 0.755. The van der Waals surface area contributed by atoms with Crippen LogP contribution in [-0.4, -0.2) is 35.7 Å². The second kappa shape index (κ2) is 7.16. The van der Waals surface area contributed by atoms with Gasteiger partial charge >= 0.3 is 0 Å². The van der Waals surface area contributed by atoms with Crippen LogP contribution < -0.4 is 0 Å². The molecule has 0 bridgehead atoms. The van der Waals surface area contributed by atoms with Crippen molar-refractivity contribution in [2.45, 2.75) is 26.2 Å². The number of nitrogens with zero attached hydrogens (tertiary/aromatic N) is 1. The summed E-state index contributed by atoms with van der Waals surface area (Å²) in [6.45, 7) is 7.35. The fourth-order valence-corrected chi connectivity index (χ4v) is 2.42. The standard InChI is InChI=1S/C15H21Cl2NO/c1-15(2,3)13-7-5-4-6-12(13)14(19)18(10-8-16)11-9-17/h4-7H,8-11H2,1-3H3. The minimum absolute atomic E-state index is 0.00632. The summed E-state index contributed by atoms with van der Waals surface area (Å²) >= 11 is 11.5. The van der Waals surface area contributed by atoms with Crippen LogP contribution >= 0.6 is 23.2 Å². The average molecular weight is 302 g/mol. The second-order valence-electron chi connectivity index (χ2n) is 5.47. The Morgan fingerprint density at radius 2 is 1.63 bits per heavy atom. The zero-order chi connectivity index (χ0) is 14.5. The molecule has 1 rings (SSSR count). The first-order chi connectivity index (χ1) is 8.91. The number of halogens is 2. The summed E-state index contributed by atoms with van der Waals surface area (Å²) < 4.78 is 0. The van der Waals surface area contributed by atoms with E-state index in [-0.39, 0.29) is 11.3 Å². The van der Waals surface area contributed by atoms with E-state index >= 15 is 0 Å². The number of hydrogen-bond acceptors (Lipinski definition) is 1. The Bertz CT molecular complexity index is 420. The SMILES string of the molecule is CC(C)(C)c1ccccc1C(=O)N(CCCl)CCCl. The summed E-state index contributed by atoms with van der Waals surface area (Å²) in [7, 11) is 0. The highest BCUT2D eigenvalue weighted by molar-refractivity contribution is 6.18. The van der Waals surface area contributed by atoms with Crippen molar-refractivity contribution in [3.05, 3.63) is 35.4 Å². The van der Waals surface area contributed by atoms with E-state index in [9.17, 15) is 4.79 Å². The smallest absolute Gasteiger partial charge is 0.254 e. The predicted octanol–water partition coefficient (Wildman–Crippen LogP) is 3.90. The second-order valence-corrected chi connectivity index (χ2v) is 6.22. The largest absolute Gasteiger partial charge is 0.336 e. The molecule has 0 spiro atoms. The van der Waals surface area contributed by atoms with E-state index in [1.165, 1.54) is 0 Å². The van der Waals surface area contributed by atoms with Gasteiger partial charge in [0.15, 0.2) is 0 Å². The van der Waals surface area contributed by atoms with Crippen LogP contribution in [0.3, 0.4) is 0 Å². The van der Waals surface area contributed by atoms with Crippen LogP contribution in [0.2, 0.25) is 0 Å². The lowest BCUT2D eigenvalue weighted by molar-refractivity contribution is 0.0772.